The Bertz CT molecular complexity index is 1170. The summed E-state index contributed by atoms with van der Waals surface area (Å²) < 4.78 is 49.5. The molecule has 4 fully saturated rings. The molecule has 35 heavy (non-hydrogen) atoms. The van der Waals surface area contributed by atoms with E-state index in [-0.39, 0.29) is 34.8 Å². The highest BCUT2D eigenvalue weighted by Gasteiger charge is 2.58. The van der Waals surface area contributed by atoms with Gasteiger partial charge in [0.05, 0.1) is 23.5 Å². The minimum absolute atomic E-state index is 0.0905. The Labute approximate surface area is 207 Å². The van der Waals surface area contributed by atoms with E-state index in [1.807, 2.05) is 0 Å². The Morgan fingerprint density at radius 3 is 2.40 bits per heavy atom. The van der Waals surface area contributed by atoms with Crippen LogP contribution in [0.3, 0.4) is 0 Å². The van der Waals surface area contributed by atoms with E-state index >= 15 is 0 Å². The predicted octanol–water partition coefficient (Wildman–Crippen LogP) is 4.13. The van der Waals surface area contributed by atoms with Crippen molar-refractivity contribution in [1.29, 1.82) is 0 Å². The van der Waals surface area contributed by atoms with Crippen LogP contribution in [0.4, 0.5) is 30.2 Å². The molecule has 8 nitrogen and oxygen atoms in total. The van der Waals surface area contributed by atoms with Crippen LogP contribution in [-0.2, 0) is 9.53 Å². The minimum Gasteiger partial charge on any atom is -0.404 e. The molecule has 0 spiro atoms. The molecule has 4 N–H and O–H groups in total. The summed E-state index contributed by atoms with van der Waals surface area (Å²) >= 11 is 3.26. The minimum atomic E-state index is -4.96. The van der Waals surface area contributed by atoms with Gasteiger partial charge in [0.15, 0.2) is 5.75 Å². The Balaban J connectivity index is 1.37. The van der Waals surface area contributed by atoms with Crippen LogP contribution in [0.5, 0.6) is 5.75 Å². The van der Waals surface area contributed by atoms with E-state index in [4.69, 9.17) is 10.5 Å². The molecule has 186 valence electrons. The molecule has 2 aromatic carbocycles. The van der Waals surface area contributed by atoms with E-state index in [1.165, 1.54) is 18.2 Å². The molecule has 1 saturated carbocycles. The number of nitrogen functional groups attached to an aromatic ring is 1. The summed E-state index contributed by atoms with van der Waals surface area (Å²) in [5.74, 6) is -1.54. The number of hydrogen-bond donors (Lipinski definition) is 3. The first-order valence-corrected chi connectivity index (χ1v) is 11.8. The van der Waals surface area contributed by atoms with Crippen LogP contribution >= 0.6 is 15.9 Å². The van der Waals surface area contributed by atoms with E-state index < -0.39 is 29.5 Å². The molecule has 0 radical (unpaired) electrons. The lowest BCUT2D eigenvalue weighted by Gasteiger charge is -2.49. The zero-order chi connectivity index (χ0) is 25.0. The van der Waals surface area contributed by atoms with Gasteiger partial charge in [0, 0.05) is 35.4 Å². The lowest BCUT2D eigenvalue weighted by molar-refractivity contribution is -0.274. The number of halogens is 4. The molecule has 4 aliphatic rings. The number of ether oxygens (including phenoxy) is 2. The van der Waals surface area contributed by atoms with Gasteiger partial charge in [0.1, 0.15) is 5.54 Å². The van der Waals surface area contributed by atoms with Crippen molar-refractivity contribution in [2.24, 2.45) is 0 Å². The van der Waals surface area contributed by atoms with Crippen molar-refractivity contribution in [3.63, 3.8) is 0 Å². The summed E-state index contributed by atoms with van der Waals surface area (Å²) in [6.07, 6.45) is -2.61. The number of fused-ring (bicyclic) bond motifs is 2. The molecule has 1 aliphatic carbocycles. The maximum Gasteiger partial charge on any atom is 0.573 e. The summed E-state index contributed by atoms with van der Waals surface area (Å²) in [5, 5.41) is 5.21. The van der Waals surface area contributed by atoms with E-state index in [0.29, 0.717) is 30.4 Å². The van der Waals surface area contributed by atoms with Crippen molar-refractivity contribution in [3.8, 4) is 5.75 Å². The van der Waals surface area contributed by atoms with E-state index in [9.17, 15) is 22.8 Å². The van der Waals surface area contributed by atoms with Crippen molar-refractivity contribution >= 4 is 44.8 Å². The second kappa shape index (κ2) is 8.68. The fourth-order valence-corrected chi connectivity index (χ4v) is 4.99. The monoisotopic (exact) mass is 554 g/mol. The SMILES string of the molecule is Nc1cc(Br)ccc1C(=O)Nc1ccc(OC(F)(F)F)c(NC(=O)C2(N3CC4CC(C3)O4)CC2)c1. The van der Waals surface area contributed by atoms with Crippen LogP contribution in [0, 0.1) is 0 Å². The van der Waals surface area contributed by atoms with Crippen molar-refractivity contribution in [1.82, 2.24) is 4.90 Å². The summed E-state index contributed by atoms with van der Waals surface area (Å²) in [4.78, 5) is 28.0. The second-order valence-electron chi connectivity index (χ2n) is 8.95. The van der Waals surface area contributed by atoms with Gasteiger partial charge in [-0.3, -0.25) is 14.5 Å². The van der Waals surface area contributed by atoms with Crippen LogP contribution in [0.25, 0.3) is 0 Å². The van der Waals surface area contributed by atoms with E-state index in [1.54, 1.807) is 12.1 Å². The zero-order valence-corrected chi connectivity index (χ0v) is 19.9. The number of nitrogens with two attached hydrogens (primary N) is 1. The van der Waals surface area contributed by atoms with Crippen LogP contribution in [0.1, 0.15) is 29.6 Å². The van der Waals surface area contributed by atoms with Gasteiger partial charge in [-0.05, 0) is 49.2 Å². The number of nitrogens with zero attached hydrogens (tertiary/aromatic N) is 1. The van der Waals surface area contributed by atoms with Crippen LogP contribution in [0.2, 0.25) is 0 Å². The van der Waals surface area contributed by atoms with Gasteiger partial charge in [-0.25, -0.2) is 0 Å². The van der Waals surface area contributed by atoms with Gasteiger partial charge >= 0.3 is 6.36 Å². The molecule has 0 aromatic heterocycles. The normalized spacial score (nSPS) is 22.6. The molecule has 3 heterocycles. The molecule has 3 saturated heterocycles. The number of hydrogen-bond acceptors (Lipinski definition) is 6. The number of alkyl halides is 3. The lowest BCUT2D eigenvalue weighted by Crippen LogP contribution is -2.62. The first-order valence-electron chi connectivity index (χ1n) is 11.0. The Hall–Kier alpha value is -2.83. The van der Waals surface area contributed by atoms with Crippen molar-refractivity contribution in [3.05, 3.63) is 46.4 Å². The highest BCUT2D eigenvalue weighted by atomic mass is 79.9. The highest BCUT2D eigenvalue weighted by Crippen LogP contribution is 2.47. The van der Waals surface area contributed by atoms with Crippen molar-refractivity contribution < 1.29 is 32.2 Å². The third-order valence-electron chi connectivity index (χ3n) is 6.48. The van der Waals surface area contributed by atoms with E-state index in [2.05, 4.69) is 36.2 Å². The number of benzene rings is 2. The fraction of sp³-hybridized carbons (Fsp3) is 0.391. The summed E-state index contributed by atoms with van der Waals surface area (Å²) in [5.41, 5.74) is 5.51. The molecule has 2 atom stereocenters. The topological polar surface area (TPSA) is 106 Å². The molecule has 2 bridgehead atoms. The quantitative estimate of drug-likeness (QED) is 0.464. The number of amides is 2. The Morgan fingerprint density at radius 1 is 1.11 bits per heavy atom. The molecule has 2 unspecified atom stereocenters. The number of anilines is 3. The van der Waals surface area contributed by atoms with Gasteiger partial charge in [-0.2, -0.15) is 0 Å². The van der Waals surface area contributed by atoms with Gasteiger partial charge in [-0.15, -0.1) is 13.2 Å². The lowest BCUT2D eigenvalue weighted by atomic mass is 9.96. The van der Waals surface area contributed by atoms with Crippen LogP contribution in [0.15, 0.2) is 40.9 Å². The molecular weight excluding hydrogens is 533 g/mol. The largest absolute Gasteiger partial charge is 0.573 e. The third-order valence-corrected chi connectivity index (χ3v) is 6.97. The molecule has 12 heteroatoms. The van der Waals surface area contributed by atoms with Gasteiger partial charge in [0.2, 0.25) is 5.91 Å². The van der Waals surface area contributed by atoms with E-state index in [0.717, 1.165) is 12.5 Å². The number of carbonyl (C=O) groups is 2. The molecular formula is C23H22BrF3N4O4. The van der Waals surface area contributed by atoms with Crippen molar-refractivity contribution in [2.45, 2.75) is 43.4 Å². The predicted molar refractivity (Wildman–Crippen MR) is 125 cm³/mol. The summed E-state index contributed by atoms with van der Waals surface area (Å²) in [6, 6.07) is 8.26. The Morgan fingerprint density at radius 2 is 1.80 bits per heavy atom. The van der Waals surface area contributed by atoms with Gasteiger partial charge in [0.25, 0.3) is 5.91 Å². The number of carbonyl (C=O) groups excluding carboxylic acids is 2. The maximum absolute atomic E-state index is 13.2. The van der Waals surface area contributed by atoms with Gasteiger partial charge in [-0.1, -0.05) is 15.9 Å². The maximum atomic E-state index is 13.2. The zero-order valence-electron chi connectivity index (χ0n) is 18.3. The molecule has 6 rings (SSSR count). The average molecular weight is 555 g/mol. The molecule has 2 aromatic rings. The third kappa shape index (κ3) is 4.95. The highest BCUT2D eigenvalue weighted by molar-refractivity contribution is 9.10. The average Bonchev–Trinajstić information content (AvgIpc) is 3.56. The Kier molecular flexibility index (Phi) is 5.93. The van der Waals surface area contributed by atoms with Crippen LogP contribution in [-0.4, -0.2) is 53.9 Å². The summed E-state index contributed by atoms with van der Waals surface area (Å²) in [6.45, 7) is 1.22. The first-order chi connectivity index (χ1) is 16.5. The van der Waals surface area contributed by atoms with Crippen molar-refractivity contribution in [2.75, 3.05) is 29.5 Å². The smallest absolute Gasteiger partial charge is 0.404 e. The molecule has 2 amide bonds. The fourth-order valence-electron chi connectivity index (χ4n) is 4.61. The number of morpholine rings is 1. The number of piperidine rings is 1. The first kappa shape index (κ1) is 23.9. The van der Waals surface area contributed by atoms with Gasteiger partial charge < -0.3 is 25.8 Å². The second-order valence-corrected chi connectivity index (χ2v) is 9.87. The number of rotatable bonds is 6. The summed E-state index contributed by atoms with van der Waals surface area (Å²) in [7, 11) is 0. The molecule has 3 aliphatic heterocycles. The number of nitrogens with one attached hydrogen (secondary N) is 2. The van der Waals surface area contributed by atoms with Crippen LogP contribution < -0.4 is 21.1 Å². The standard InChI is InChI=1S/C23H22BrF3N4O4/c24-12-1-3-16(17(28)7-12)20(32)29-13-2-4-19(35-23(25,26)27)18(8-13)30-21(33)22(5-6-22)31-10-14-9-15(11-31)34-14/h1-4,7-8,14-15H,5-6,9-11,28H2,(H,29,32)(H,30,33).